The first-order chi connectivity index (χ1) is 9.92. The van der Waals surface area contributed by atoms with Gasteiger partial charge in [0.2, 0.25) is 5.91 Å². The molecule has 2 saturated carbocycles. The molecule has 0 aromatic heterocycles. The van der Waals surface area contributed by atoms with Crippen LogP contribution in [-0.2, 0) is 9.59 Å². The summed E-state index contributed by atoms with van der Waals surface area (Å²) in [6.07, 6.45) is 7.78. The number of hydrogen-bond acceptors (Lipinski definition) is 2. The van der Waals surface area contributed by atoms with Gasteiger partial charge in [-0.25, -0.2) is 0 Å². The van der Waals surface area contributed by atoms with Crippen molar-refractivity contribution < 1.29 is 14.7 Å². The third-order valence-corrected chi connectivity index (χ3v) is 5.79. The van der Waals surface area contributed by atoms with E-state index in [-0.39, 0.29) is 23.8 Å². The van der Waals surface area contributed by atoms with Gasteiger partial charge < -0.3 is 10.4 Å². The highest BCUT2D eigenvalue weighted by molar-refractivity contribution is 5.78. The Morgan fingerprint density at radius 3 is 2.29 bits per heavy atom. The number of carboxylic acid groups (broad SMARTS) is 1. The van der Waals surface area contributed by atoms with Gasteiger partial charge >= 0.3 is 5.97 Å². The van der Waals surface area contributed by atoms with E-state index in [2.05, 4.69) is 19.2 Å². The third-order valence-electron chi connectivity index (χ3n) is 5.79. The molecule has 0 heterocycles. The highest BCUT2D eigenvalue weighted by Crippen LogP contribution is 2.42. The predicted molar refractivity (Wildman–Crippen MR) is 81.9 cm³/mol. The molecule has 0 aromatic carbocycles. The SMILES string of the molecule is CC1CCC(NC(=O)CC2(CC(=O)O)CCCCC2)C1C. The van der Waals surface area contributed by atoms with Gasteiger partial charge in [0.05, 0.1) is 6.42 Å². The molecule has 2 fully saturated rings. The van der Waals surface area contributed by atoms with E-state index in [0.717, 1.165) is 32.1 Å². The van der Waals surface area contributed by atoms with Crippen LogP contribution in [0.2, 0.25) is 0 Å². The minimum absolute atomic E-state index is 0.0594. The fourth-order valence-corrected chi connectivity index (χ4v) is 4.21. The van der Waals surface area contributed by atoms with Gasteiger partial charge in [0, 0.05) is 12.5 Å². The zero-order valence-electron chi connectivity index (χ0n) is 13.4. The molecule has 0 spiro atoms. The molecule has 0 aromatic rings. The maximum atomic E-state index is 12.4. The van der Waals surface area contributed by atoms with Gasteiger partial charge in [0.25, 0.3) is 0 Å². The number of rotatable bonds is 5. The number of nitrogens with one attached hydrogen (secondary N) is 1. The van der Waals surface area contributed by atoms with Crippen LogP contribution in [0.25, 0.3) is 0 Å². The van der Waals surface area contributed by atoms with Crippen molar-refractivity contribution in [3.63, 3.8) is 0 Å². The third kappa shape index (κ3) is 4.21. The van der Waals surface area contributed by atoms with Crippen molar-refractivity contribution in [3.8, 4) is 0 Å². The lowest BCUT2D eigenvalue weighted by Gasteiger charge is -2.36. The summed E-state index contributed by atoms with van der Waals surface area (Å²) >= 11 is 0. The number of hydrogen-bond donors (Lipinski definition) is 2. The molecule has 3 unspecified atom stereocenters. The lowest BCUT2D eigenvalue weighted by molar-refractivity contribution is -0.141. The van der Waals surface area contributed by atoms with Gasteiger partial charge in [-0.3, -0.25) is 9.59 Å². The van der Waals surface area contributed by atoms with Gasteiger partial charge in [-0.05, 0) is 42.9 Å². The summed E-state index contributed by atoms with van der Waals surface area (Å²) in [7, 11) is 0. The van der Waals surface area contributed by atoms with Gasteiger partial charge in [0.1, 0.15) is 0 Å². The molecular weight excluding hydrogens is 266 g/mol. The summed E-state index contributed by atoms with van der Waals surface area (Å²) in [5, 5.41) is 12.3. The maximum absolute atomic E-state index is 12.4. The number of carbonyl (C=O) groups is 2. The van der Waals surface area contributed by atoms with Crippen LogP contribution >= 0.6 is 0 Å². The van der Waals surface area contributed by atoms with Crippen molar-refractivity contribution in [1.82, 2.24) is 5.32 Å². The minimum atomic E-state index is -0.771. The van der Waals surface area contributed by atoms with E-state index in [4.69, 9.17) is 0 Å². The average Bonchev–Trinajstić information content (AvgIpc) is 2.70. The van der Waals surface area contributed by atoms with E-state index < -0.39 is 5.97 Å². The van der Waals surface area contributed by atoms with Crippen LogP contribution in [0.4, 0.5) is 0 Å². The van der Waals surface area contributed by atoms with Crippen LogP contribution < -0.4 is 5.32 Å². The smallest absolute Gasteiger partial charge is 0.303 e. The molecule has 3 atom stereocenters. The van der Waals surface area contributed by atoms with Gasteiger partial charge in [-0.2, -0.15) is 0 Å². The Morgan fingerprint density at radius 2 is 1.76 bits per heavy atom. The summed E-state index contributed by atoms with van der Waals surface area (Å²) in [6.45, 7) is 4.44. The van der Waals surface area contributed by atoms with E-state index in [1.165, 1.54) is 12.8 Å². The molecule has 21 heavy (non-hydrogen) atoms. The largest absolute Gasteiger partial charge is 0.481 e. The summed E-state index contributed by atoms with van der Waals surface area (Å²) < 4.78 is 0. The van der Waals surface area contributed by atoms with E-state index in [9.17, 15) is 14.7 Å². The Labute approximate surface area is 127 Å². The lowest BCUT2D eigenvalue weighted by atomic mass is 9.69. The Bertz CT molecular complexity index is 387. The first-order valence-corrected chi connectivity index (χ1v) is 8.43. The molecule has 0 radical (unpaired) electrons. The lowest BCUT2D eigenvalue weighted by Crippen LogP contribution is -2.41. The second-order valence-electron chi connectivity index (χ2n) is 7.40. The molecule has 2 rings (SSSR count). The summed E-state index contributed by atoms with van der Waals surface area (Å²) in [6, 6.07) is 0.276. The van der Waals surface area contributed by atoms with Gasteiger partial charge in [0.15, 0.2) is 0 Å². The number of amides is 1. The van der Waals surface area contributed by atoms with E-state index in [1.807, 2.05) is 0 Å². The first kappa shape index (κ1) is 16.3. The molecular formula is C17H29NO3. The summed E-state index contributed by atoms with van der Waals surface area (Å²) in [5.41, 5.74) is -0.304. The van der Waals surface area contributed by atoms with Crippen LogP contribution in [0.3, 0.4) is 0 Å². The predicted octanol–water partition coefficient (Wildman–Crippen LogP) is 3.35. The van der Waals surface area contributed by atoms with Crippen LogP contribution in [0.1, 0.15) is 71.6 Å². The number of aliphatic carboxylic acids is 1. The zero-order valence-corrected chi connectivity index (χ0v) is 13.4. The molecule has 1 amide bonds. The van der Waals surface area contributed by atoms with Crippen molar-refractivity contribution in [1.29, 1.82) is 0 Å². The molecule has 4 nitrogen and oxygen atoms in total. The Morgan fingerprint density at radius 1 is 1.10 bits per heavy atom. The Hall–Kier alpha value is -1.06. The second kappa shape index (κ2) is 6.80. The molecule has 4 heteroatoms. The van der Waals surface area contributed by atoms with Crippen LogP contribution in [0.5, 0.6) is 0 Å². The van der Waals surface area contributed by atoms with E-state index in [0.29, 0.717) is 18.3 Å². The van der Waals surface area contributed by atoms with Crippen molar-refractivity contribution >= 4 is 11.9 Å². The molecule has 2 aliphatic rings. The fraction of sp³-hybridized carbons (Fsp3) is 0.882. The highest BCUT2D eigenvalue weighted by atomic mass is 16.4. The zero-order chi connectivity index (χ0) is 15.5. The van der Waals surface area contributed by atoms with E-state index in [1.54, 1.807) is 0 Å². The quantitative estimate of drug-likeness (QED) is 0.817. The maximum Gasteiger partial charge on any atom is 0.303 e. The minimum Gasteiger partial charge on any atom is -0.481 e. The van der Waals surface area contributed by atoms with Crippen molar-refractivity contribution in [3.05, 3.63) is 0 Å². The topological polar surface area (TPSA) is 66.4 Å². The van der Waals surface area contributed by atoms with Crippen LogP contribution in [0.15, 0.2) is 0 Å². The second-order valence-corrected chi connectivity index (χ2v) is 7.40. The fourth-order valence-electron chi connectivity index (χ4n) is 4.21. The molecule has 0 bridgehead atoms. The highest BCUT2D eigenvalue weighted by Gasteiger charge is 2.38. The number of carboxylic acids is 1. The normalized spacial score (nSPS) is 31.8. The monoisotopic (exact) mass is 295 g/mol. The van der Waals surface area contributed by atoms with Crippen molar-refractivity contribution in [2.45, 2.75) is 77.7 Å². The molecule has 2 aliphatic carbocycles. The molecule has 0 saturated heterocycles. The van der Waals surface area contributed by atoms with Crippen molar-refractivity contribution in [2.24, 2.45) is 17.3 Å². The van der Waals surface area contributed by atoms with Gasteiger partial charge in [-0.1, -0.05) is 33.1 Å². The van der Waals surface area contributed by atoms with Gasteiger partial charge in [-0.15, -0.1) is 0 Å². The first-order valence-electron chi connectivity index (χ1n) is 8.43. The van der Waals surface area contributed by atoms with Crippen LogP contribution in [-0.4, -0.2) is 23.0 Å². The van der Waals surface area contributed by atoms with Crippen LogP contribution in [0, 0.1) is 17.3 Å². The average molecular weight is 295 g/mol. The summed E-state index contributed by atoms with van der Waals surface area (Å²) in [4.78, 5) is 23.6. The molecule has 120 valence electrons. The molecule has 0 aliphatic heterocycles. The Balaban J connectivity index is 1.93. The molecule has 2 N–H and O–H groups in total. The standard InChI is InChI=1S/C17H29NO3/c1-12-6-7-14(13(12)2)18-15(19)10-17(11-16(20)21)8-4-3-5-9-17/h12-14H,3-11H2,1-2H3,(H,18,19)(H,20,21). The van der Waals surface area contributed by atoms with Crippen molar-refractivity contribution in [2.75, 3.05) is 0 Å². The Kier molecular flexibility index (Phi) is 5.28. The number of carbonyl (C=O) groups excluding carboxylic acids is 1. The summed E-state index contributed by atoms with van der Waals surface area (Å²) in [5.74, 6) is 0.477. The van der Waals surface area contributed by atoms with E-state index >= 15 is 0 Å².